The number of amides is 1. The zero-order chi connectivity index (χ0) is 20.6. The van der Waals surface area contributed by atoms with Gasteiger partial charge in [0.25, 0.3) is 0 Å². The zero-order valence-electron chi connectivity index (χ0n) is 16.7. The summed E-state index contributed by atoms with van der Waals surface area (Å²) in [6.45, 7) is 7.42. The van der Waals surface area contributed by atoms with Crippen molar-refractivity contribution in [3.63, 3.8) is 0 Å². The average Bonchev–Trinajstić information content (AvgIpc) is 3.05. The van der Waals surface area contributed by atoms with E-state index in [2.05, 4.69) is 25.8 Å². The number of hydrogen-bond donors (Lipinski definition) is 3. The molecular weight excluding hydrogens is 498 g/mol. The summed E-state index contributed by atoms with van der Waals surface area (Å²) in [5, 5.41) is 9.27. The van der Waals surface area contributed by atoms with Crippen LogP contribution in [0.3, 0.4) is 0 Å². The molecule has 1 unspecified atom stereocenters. The van der Waals surface area contributed by atoms with Crippen molar-refractivity contribution >= 4 is 35.8 Å². The van der Waals surface area contributed by atoms with E-state index >= 15 is 0 Å². The minimum atomic E-state index is -4.30. The highest BCUT2D eigenvalue weighted by Gasteiger charge is 2.30. The molecule has 0 saturated carbocycles. The minimum Gasteiger partial charge on any atom is -0.357 e. The zero-order valence-corrected chi connectivity index (χ0v) is 19.0. The van der Waals surface area contributed by atoms with E-state index in [1.807, 2.05) is 6.92 Å². The van der Waals surface area contributed by atoms with Crippen LogP contribution in [0, 0.1) is 0 Å². The lowest BCUT2D eigenvalue weighted by molar-refractivity contribution is -0.137. The first kappa shape index (κ1) is 25.5. The molecule has 29 heavy (non-hydrogen) atoms. The molecule has 1 amide bonds. The fraction of sp³-hybridized carbons (Fsp3) is 0.579. The van der Waals surface area contributed by atoms with Crippen LogP contribution in [0.5, 0.6) is 0 Å². The lowest BCUT2D eigenvalue weighted by Crippen LogP contribution is -2.44. The van der Waals surface area contributed by atoms with Gasteiger partial charge in [-0.15, -0.1) is 24.0 Å². The van der Waals surface area contributed by atoms with Crippen molar-refractivity contribution in [3.8, 4) is 0 Å². The quantitative estimate of drug-likeness (QED) is 0.221. The van der Waals surface area contributed by atoms with Gasteiger partial charge in [0.15, 0.2) is 5.96 Å². The third-order valence-electron chi connectivity index (χ3n) is 4.40. The third kappa shape index (κ3) is 9.20. The highest BCUT2D eigenvalue weighted by atomic mass is 127. The Morgan fingerprint density at radius 1 is 1.24 bits per heavy atom. The first-order valence-corrected chi connectivity index (χ1v) is 9.45. The Bertz CT molecular complexity index is 667. The lowest BCUT2D eigenvalue weighted by atomic mass is 10.1. The lowest BCUT2D eigenvalue weighted by Gasteiger charge is -2.19. The molecule has 1 aromatic carbocycles. The maximum absolute atomic E-state index is 12.7. The van der Waals surface area contributed by atoms with Crippen LogP contribution in [-0.2, 0) is 17.5 Å². The summed E-state index contributed by atoms with van der Waals surface area (Å²) < 4.78 is 38.0. The monoisotopic (exact) mass is 527 g/mol. The second kappa shape index (κ2) is 12.2. The number of benzene rings is 1. The van der Waals surface area contributed by atoms with Crippen molar-refractivity contribution in [1.29, 1.82) is 0 Å². The van der Waals surface area contributed by atoms with Crippen LogP contribution in [-0.4, -0.2) is 55.5 Å². The number of halogens is 4. The second-order valence-electron chi connectivity index (χ2n) is 6.80. The Morgan fingerprint density at radius 2 is 1.93 bits per heavy atom. The topological polar surface area (TPSA) is 68.8 Å². The molecule has 0 spiro atoms. The van der Waals surface area contributed by atoms with Crippen LogP contribution in [0.1, 0.15) is 31.4 Å². The van der Waals surface area contributed by atoms with Crippen molar-refractivity contribution < 1.29 is 18.0 Å². The van der Waals surface area contributed by atoms with Crippen LogP contribution >= 0.6 is 24.0 Å². The van der Waals surface area contributed by atoms with Crippen LogP contribution < -0.4 is 16.0 Å². The van der Waals surface area contributed by atoms with E-state index in [1.54, 1.807) is 0 Å². The first-order valence-electron chi connectivity index (χ1n) is 9.45. The molecule has 1 atom stereocenters. The average molecular weight is 527 g/mol. The molecule has 3 N–H and O–H groups in total. The molecule has 1 saturated heterocycles. The third-order valence-corrected chi connectivity index (χ3v) is 4.40. The minimum absolute atomic E-state index is 0. The van der Waals surface area contributed by atoms with Crippen LogP contribution in [0.2, 0.25) is 0 Å². The number of hydrogen-bond acceptors (Lipinski definition) is 3. The summed E-state index contributed by atoms with van der Waals surface area (Å²) in [6, 6.07) is 5.56. The van der Waals surface area contributed by atoms with Gasteiger partial charge in [-0.1, -0.05) is 12.1 Å². The standard InChI is InChI=1S/C19H28F3N5O.HI/c1-3-23-18(25-10-9-24-14(2)28)26-17-8-11-27(13-17)12-15-4-6-16(7-5-15)19(20,21)22;/h4-7,17H,3,8-13H2,1-2H3,(H,24,28)(H2,23,25,26);1H. The molecule has 10 heteroatoms. The Morgan fingerprint density at radius 3 is 2.52 bits per heavy atom. The van der Waals surface area contributed by atoms with Crippen molar-refractivity contribution in [2.75, 3.05) is 32.7 Å². The van der Waals surface area contributed by atoms with Gasteiger partial charge in [0.1, 0.15) is 0 Å². The molecule has 0 radical (unpaired) electrons. The number of carbonyl (C=O) groups excluding carboxylic acids is 1. The Kier molecular flexibility index (Phi) is 10.7. The molecule has 1 aromatic rings. The number of nitrogens with one attached hydrogen (secondary N) is 3. The highest BCUT2D eigenvalue weighted by molar-refractivity contribution is 14.0. The molecule has 2 rings (SSSR count). The van der Waals surface area contributed by atoms with E-state index in [0.29, 0.717) is 25.6 Å². The second-order valence-corrected chi connectivity index (χ2v) is 6.80. The molecule has 1 fully saturated rings. The van der Waals surface area contributed by atoms with Gasteiger partial charge in [-0.05, 0) is 31.0 Å². The molecular formula is C19H29F3IN5O. The maximum atomic E-state index is 12.7. The van der Waals surface area contributed by atoms with Crippen molar-refractivity contribution in [3.05, 3.63) is 35.4 Å². The normalized spacial score (nSPS) is 17.6. The number of nitrogens with zero attached hydrogens (tertiary/aromatic N) is 2. The summed E-state index contributed by atoms with van der Waals surface area (Å²) in [6.07, 6.45) is -3.38. The summed E-state index contributed by atoms with van der Waals surface area (Å²) >= 11 is 0. The smallest absolute Gasteiger partial charge is 0.357 e. The van der Waals surface area contributed by atoms with Gasteiger partial charge in [-0.3, -0.25) is 14.7 Å². The summed E-state index contributed by atoms with van der Waals surface area (Å²) in [7, 11) is 0. The fourth-order valence-electron chi connectivity index (χ4n) is 3.06. The van der Waals surface area contributed by atoms with E-state index in [4.69, 9.17) is 0 Å². The Hall–Kier alpha value is -1.56. The predicted molar refractivity (Wildman–Crippen MR) is 118 cm³/mol. The SMILES string of the molecule is CCNC(=NCCNC(C)=O)NC1CCN(Cc2ccc(C(F)(F)F)cc2)C1.I. The van der Waals surface area contributed by atoms with Crippen molar-refractivity contribution in [1.82, 2.24) is 20.9 Å². The molecule has 1 aliphatic heterocycles. The van der Waals surface area contributed by atoms with Crippen LogP contribution in [0.25, 0.3) is 0 Å². The number of likely N-dealkylation sites (tertiary alicyclic amines) is 1. The van der Waals surface area contributed by atoms with Crippen LogP contribution in [0.15, 0.2) is 29.3 Å². The number of carbonyl (C=O) groups is 1. The van der Waals surface area contributed by atoms with Gasteiger partial charge in [0.2, 0.25) is 5.91 Å². The summed E-state index contributed by atoms with van der Waals surface area (Å²) in [4.78, 5) is 17.5. The molecule has 164 valence electrons. The van der Waals surface area contributed by atoms with Gasteiger partial charge in [0.05, 0.1) is 12.1 Å². The number of guanidine groups is 1. The van der Waals surface area contributed by atoms with Gasteiger partial charge in [0, 0.05) is 45.7 Å². The Balaban J connectivity index is 0.00000420. The largest absolute Gasteiger partial charge is 0.416 e. The van der Waals surface area contributed by atoms with Gasteiger partial charge in [-0.2, -0.15) is 13.2 Å². The van der Waals surface area contributed by atoms with E-state index in [1.165, 1.54) is 19.1 Å². The molecule has 1 aliphatic rings. The predicted octanol–water partition coefficient (Wildman–Crippen LogP) is 2.59. The molecule has 0 aliphatic carbocycles. The van der Waals surface area contributed by atoms with Crippen molar-refractivity contribution in [2.45, 2.75) is 39.0 Å². The van der Waals surface area contributed by atoms with E-state index in [0.717, 1.165) is 43.8 Å². The summed E-state index contributed by atoms with van der Waals surface area (Å²) in [5.41, 5.74) is 0.243. The molecule has 1 heterocycles. The highest BCUT2D eigenvalue weighted by Crippen LogP contribution is 2.29. The molecule has 6 nitrogen and oxygen atoms in total. The molecule has 0 bridgehead atoms. The molecule has 0 aromatic heterocycles. The maximum Gasteiger partial charge on any atom is 0.416 e. The fourth-order valence-corrected chi connectivity index (χ4v) is 3.06. The number of aliphatic imine (C=N–C) groups is 1. The van der Waals surface area contributed by atoms with Gasteiger partial charge < -0.3 is 16.0 Å². The number of alkyl halides is 3. The van der Waals surface area contributed by atoms with Gasteiger partial charge >= 0.3 is 6.18 Å². The van der Waals surface area contributed by atoms with Crippen LogP contribution in [0.4, 0.5) is 13.2 Å². The summed E-state index contributed by atoms with van der Waals surface area (Å²) in [5.74, 6) is 0.622. The number of rotatable bonds is 7. The van der Waals surface area contributed by atoms with Gasteiger partial charge in [-0.25, -0.2) is 0 Å². The van der Waals surface area contributed by atoms with Crippen molar-refractivity contribution in [2.24, 2.45) is 4.99 Å². The van der Waals surface area contributed by atoms with E-state index in [-0.39, 0.29) is 35.9 Å². The Labute approximate surface area is 186 Å². The van der Waals surface area contributed by atoms with E-state index < -0.39 is 11.7 Å². The first-order chi connectivity index (χ1) is 13.3. The van der Waals surface area contributed by atoms with E-state index in [9.17, 15) is 18.0 Å².